The Balaban J connectivity index is 2.40. The topological polar surface area (TPSA) is 33.1 Å². The molecular formula is C12H10ClNO. The SMILES string of the molecule is OCc1cccc(-c2ccc(Cl)cn2)c1. The van der Waals surface area contributed by atoms with Crippen LogP contribution in [0.5, 0.6) is 0 Å². The maximum Gasteiger partial charge on any atom is 0.0703 e. The summed E-state index contributed by atoms with van der Waals surface area (Å²) in [5.74, 6) is 0. The Hall–Kier alpha value is -1.38. The number of benzene rings is 1. The second-order valence-corrected chi connectivity index (χ2v) is 3.66. The third-order valence-electron chi connectivity index (χ3n) is 2.13. The maximum absolute atomic E-state index is 9.01. The van der Waals surface area contributed by atoms with Crippen LogP contribution in [-0.4, -0.2) is 10.1 Å². The highest BCUT2D eigenvalue weighted by molar-refractivity contribution is 6.30. The van der Waals surface area contributed by atoms with Crippen LogP contribution in [-0.2, 0) is 6.61 Å². The number of hydrogen-bond donors (Lipinski definition) is 1. The summed E-state index contributed by atoms with van der Waals surface area (Å²) in [7, 11) is 0. The minimum absolute atomic E-state index is 0.0431. The Morgan fingerprint density at radius 1 is 1.20 bits per heavy atom. The molecule has 76 valence electrons. The number of pyridine rings is 1. The van der Waals surface area contributed by atoms with Crippen molar-refractivity contribution in [3.63, 3.8) is 0 Å². The smallest absolute Gasteiger partial charge is 0.0703 e. The summed E-state index contributed by atoms with van der Waals surface area (Å²) in [6.07, 6.45) is 1.61. The monoisotopic (exact) mass is 219 g/mol. The van der Waals surface area contributed by atoms with Crippen LogP contribution < -0.4 is 0 Å². The number of aliphatic hydroxyl groups is 1. The Labute approximate surface area is 93.2 Å². The lowest BCUT2D eigenvalue weighted by molar-refractivity contribution is 0.282. The van der Waals surface area contributed by atoms with E-state index in [4.69, 9.17) is 16.7 Å². The van der Waals surface area contributed by atoms with Gasteiger partial charge in [-0.05, 0) is 23.8 Å². The predicted octanol–water partition coefficient (Wildman–Crippen LogP) is 2.89. The molecule has 0 unspecified atom stereocenters. The van der Waals surface area contributed by atoms with Crippen molar-refractivity contribution in [2.75, 3.05) is 0 Å². The number of halogens is 1. The largest absolute Gasteiger partial charge is 0.392 e. The molecular weight excluding hydrogens is 210 g/mol. The van der Waals surface area contributed by atoms with E-state index in [9.17, 15) is 0 Å². The van der Waals surface area contributed by atoms with E-state index in [-0.39, 0.29) is 6.61 Å². The van der Waals surface area contributed by atoms with E-state index in [0.29, 0.717) is 5.02 Å². The summed E-state index contributed by atoms with van der Waals surface area (Å²) in [5, 5.41) is 9.63. The minimum Gasteiger partial charge on any atom is -0.392 e. The Morgan fingerprint density at radius 2 is 2.07 bits per heavy atom. The van der Waals surface area contributed by atoms with E-state index in [2.05, 4.69) is 4.98 Å². The first-order valence-corrected chi connectivity index (χ1v) is 4.99. The van der Waals surface area contributed by atoms with E-state index in [1.165, 1.54) is 0 Å². The molecule has 0 radical (unpaired) electrons. The zero-order valence-electron chi connectivity index (χ0n) is 8.02. The molecule has 2 aromatic rings. The standard InChI is InChI=1S/C12H10ClNO/c13-11-4-5-12(14-7-11)10-3-1-2-9(6-10)8-15/h1-7,15H,8H2. The maximum atomic E-state index is 9.01. The summed E-state index contributed by atoms with van der Waals surface area (Å²) in [6, 6.07) is 11.3. The third-order valence-corrected chi connectivity index (χ3v) is 2.36. The second kappa shape index (κ2) is 4.43. The van der Waals surface area contributed by atoms with Gasteiger partial charge in [0.15, 0.2) is 0 Å². The summed E-state index contributed by atoms with van der Waals surface area (Å²) in [6.45, 7) is 0.0431. The Bertz CT molecular complexity index is 453. The average Bonchev–Trinajstić information content (AvgIpc) is 2.30. The fraction of sp³-hybridized carbons (Fsp3) is 0.0833. The van der Waals surface area contributed by atoms with Crippen molar-refractivity contribution in [3.8, 4) is 11.3 Å². The molecule has 0 aliphatic carbocycles. The van der Waals surface area contributed by atoms with Crippen LogP contribution >= 0.6 is 11.6 Å². The summed E-state index contributed by atoms with van der Waals surface area (Å²) >= 11 is 5.76. The quantitative estimate of drug-likeness (QED) is 0.843. The first-order valence-electron chi connectivity index (χ1n) is 4.61. The summed E-state index contributed by atoms with van der Waals surface area (Å²) in [5.41, 5.74) is 2.72. The Morgan fingerprint density at radius 3 is 2.73 bits per heavy atom. The van der Waals surface area contributed by atoms with Crippen LogP contribution in [0.15, 0.2) is 42.6 Å². The summed E-state index contributed by atoms with van der Waals surface area (Å²) < 4.78 is 0. The van der Waals surface area contributed by atoms with E-state index >= 15 is 0 Å². The zero-order chi connectivity index (χ0) is 10.7. The van der Waals surface area contributed by atoms with Gasteiger partial charge in [-0.2, -0.15) is 0 Å². The summed E-state index contributed by atoms with van der Waals surface area (Å²) in [4.78, 5) is 4.21. The molecule has 1 heterocycles. The van der Waals surface area contributed by atoms with E-state index in [0.717, 1.165) is 16.8 Å². The second-order valence-electron chi connectivity index (χ2n) is 3.22. The minimum atomic E-state index is 0.0431. The van der Waals surface area contributed by atoms with Gasteiger partial charge in [-0.3, -0.25) is 4.98 Å². The molecule has 1 aromatic carbocycles. The molecule has 15 heavy (non-hydrogen) atoms. The molecule has 0 spiro atoms. The molecule has 0 aliphatic heterocycles. The van der Waals surface area contributed by atoms with Crippen LogP contribution in [0.4, 0.5) is 0 Å². The average molecular weight is 220 g/mol. The van der Waals surface area contributed by atoms with Gasteiger partial charge in [0.2, 0.25) is 0 Å². The lowest BCUT2D eigenvalue weighted by Gasteiger charge is -2.02. The lowest BCUT2D eigenvalue weighted by atomic mass is 10.1. The van der Waals surface area contributed by atoms with Crippen molar-refractivity contribution in [1.29, 1.82) is 0 Å². The van der Waals surface area contributed by atoms with Gasteiger partial charge in [-0.1, -0.05) is 29.8 Å². The fourth-order valence-electron chi connectivity index (χ4n) is 1.38. The molecule has 0 saturated heterocycles. The number of nitrogens with zero attached hydrogens (tertiary/aromatic N) is 1. The van der Waals surface area contributed by atoms with Crippen LogP contribution in [0.2, 0.25) is 5.02 Å². The molecule has 0 amide bonds. The van der Waals surface area contributed by atoms with Crippen LogP contribution in [0.3, 0.4) is 0 Å². The molecule has 1 N–H and O–H groups in total. The van der Waals surface area contributed by atoms with Gasteiger partial charge in [0.05, 0.1) is 17.3 Å². The normalized spacial score (nSPS) is 10.3. The van der Waals surface area contributed by atoms with Crippen molar-refractivity contribution in [2.45, 2.75) is 6.61 Å². The molecule has 2 rings (SSSR count). The van der Waals surface area contributed by atoms with Crippen molar-refractivity contribution in [3.05, 3.63) is 53.2 Å². The van der Waals surface area contributed by atoms with Crippen LogP contribution in [0.25, 0.3) is 11.3 Å². The van der Waals surface area contributed by atoms with Gasteiger partial charge >= 0.3 is 0 Å². The molecule has 1 aromatic heterocycles. The van der Waals surface area contributed by atoms with Crippen molar-refractivity contribution >= 4 is 11.6 Å². The number of hydrogen-bond acceptors (Lipinski definition) is 2. The molecule has 0 saturated carbocycles. The first kappa shape index (κ1) is 10.1. The van der Waals surface area contributed by atoms with Crippen molar-refractivity contribution in [1.82, 2.24) is 4.98 Å². The van der Waals surface area contributed by atoms with E-state index in [1.54, 1.807) is 12.3 Å². The third kappa shape index (κ3) is 2.35. The zero-order valence-corrected chi connectivity index (χ0v) is 8.78. The lowest BCUT2D eigenvalue weighted by Crippen LogP contribution is -1.86. The Kier molecular flexibility index (Phi) is 2.99. The van der Waals surface area contributed by atoms with Crippen LogP contribution in [0.1, 0.15) is 5.56 Å². The predicted molar refractivity (Wildman–Crippen MR) is 60.6 cm³/mol. The van der Waals surface area contributed by atoms with Gasteiger partial charge in [-0.25, -0.2) is 0 Å². The van der Waals surface area contributed by atoms with E-state index < -0.39 is 0 Å². The molecule has 0 bridgehead atoms. The van der Waals surface area contributed by atoms with Crippen molar-refractivity contribution in [2.24, 2.45) is 0 Å². The number of aromatic nitrogens is 1. The van der Waals surface area contributed by atoms with Crippen LogP contribution in [0, 0.1) is 0 Å². The fourth-order valence-corrected chi connectivity index (χ4v) is 1.49. The molecule has 0 aliphatic rings. The number of aliphatic hydroxyl groups excluding tert-OH is 1. The van der Waals surface area contributed by atoms with Gasteiger partial charge in [-0.15, -0.1) is 0 Å². The number of rotatable bonds is 2. The van der Waals surface area contributed by atoms with Gasteiger partial charge in [0.25, 0.3) is 0 Å². The van der Waals surface area contributed by atoms with E-state index in [1.807, 2.05) is 30.3 Å². The highest BCUT2D eigenvalue weighted by Crippen LogP contribution is 2.19. The van der Waals surface area contributed by atoms with Gasteiger partial charge < -0.3 is 5.11 Å². The highest BCUT2D eigenvalue weighted by Gasteiger charge is 1.99. The molecule has 3 heteroatoms. The highest BCUT2D eigenvalue weighted by atomic mass is 35.5. The first-order chi connectivity index (χ1) is 7.29. The molecule has 0 atom stereocenters. The van der Waals surface area contributed by atoms with Gasteiger partial charge in [0, 0.05) is 11.8 Å². The van der Waals surface area contributed by atoms with Gasteiger partial charge in [0.1, 0.15) is 0 Å². The molecule has 0 fully saturated rings. The van der Waals surface area contributed by atoms with Crippen molar-refractivity contribution < 1.29 is 5.11 Å². The molecule has 2 nitrogen and oxygen atoms in total.